The van der Waals surface area contributed by atoms with Crippen molar-refractivity contribution < 1.29 is 0 Å². The third-order valence-electron chi connectivity index (χ3n) is 2.16. The van der Waals surface area contributed by atoms with Gasteiger partial charge in [-0.1, -0.05) is 0 Å². The van der Waals surface area contributed by atoms with Gasteiger partial charge >= 0.3 is 0 Å². The summed E-state index contributed by atoms with van der Waals surface area (Å²) in [6.07, 6.45) is 8.73. The molecule has 0 aliphatic carbocycles. The zero-order chi connectivity index (χ0) is 10.1. The summed E-state index contributed by atoms with van der Waals surface area (Å²) in [7, 11) is 0. The van der Waals surface area contributed by atoms with E-state index in [1.165, 1.54) is 0 Å². The summed E-state index contributed by atoms with van der Waals surface area (Å²) in [6, 6.07) is 3.83. The van der Waals surface area contributed by atoms with E-state index in [4.69, 9.17) is 0 Å². The van der Waals surface area contributed by atoms with Crippen molar-refractivity contribution in [2.24, 2.45) is 0 Å². The number of rotatable bonds is 1. The molecule has 0 fully saturated rings. The first-order valence-corrected chi connectivity index (χ1v) is 4.49. The van der Waals surface area contributed by atoms with Gasteiger partial charge in [0.05, 0.1) is 11.9 Å². The molecule has 0 aliphatic rings. The number of fused-ring (bicyclic) bond motifs is 1. The van der Waals surface area contributed by atoms with E-state index in [-0.39, 0.29) is 0 Å². The topological polar surface area (TPSA) is 56.0 Å². The highest BCUT2D eigenvalue weighted by Gasteiger charge is 2.00. The van der Waals surface area contributed by atoms with E-state index in [0.717, 1.165) is 16.9 Å². The van der Waals surface area contributed by atoms with Crippen molar-refractivity contribution in [3.05, 3.63) is 43.2 Å². The van der Waals surface area contributed by atoms with Gasteiger partial charge in [-0.25, -0.2) is 0 Å². The van der Waals surface area contributed by atoms with Gasteiger partial charge in [0.2, 0.25) is 0 Å². The summed E-state index contributed by atoms with van der Waals surface area (Å²) in [4.78, 5) is 8.26. The maximum atomic E-state index is 4.30. The van der Waals surface area contributed by atoms with Crippen LogP contribution in [0.1, 0.15) is 0 Å². The number of hydrogen-bond donors (Lipinski definition) is 0. The first kappa shape index (κ1) is 8.05. The average Bonchev–Trinajstić information content (AvgIpc) is 2.77. The van der Waals surface area contributed by atoms with Crippen LogP contribution in [0, 0.1) is 0 Å². The molecule has 0 unspecified atom stereocenters. The fourth-order valence-corrected chi connectivity index (χ4v) is 1.41. The van der Waals surface area contributed by atoms with E-state index < -0.39 is 0 Å². The third kappa shape index (κ3) is 1.34. The van der Waals surface area contributed by atoms with Crippen molar-refractivity contribution in [3.63, 3.8) is 0 Å². The van der Waals surface area contributed by atoms with Crippen molar-refractivity contribution >= 4 is 5.65 Å². The van der Waals surface area contributed by atoms with Crippen molar-refractivity contribution in [2.75, 3.05) is 0 Å². The Morgan fingerprint density at radius 2 is 2.00 bits per heavy atom. The van der Waals surface area contributed by atoms with Crippen LogP contribution in [-0.4, -0.2) is 24.6 Å². The molecule has 15 heavy (non-hydrogen) atoms. The van der Waals surface area contributed by atoms with Gasteiger partial charge in [0.15, 0.2) is 5.65 Å². The van der Waals surface area contributed by atoms with Crippen molar-refractivity contribution in [1.82, 2.24) is 24.6 Å². The molecule has 0 aromatic carbocycles. The Morgan fingerprint density at radius 3 is 2.87 bits per heavy atom. The molecule has 3 heterocycles. The predicted molar refractivity (Wildman–Crippen MR) is 54.0 cm³/mol. The molecule has 0 atom stereocenters. The Labute approximate surface area is 85.5 Å². The maximum absolute atomic E-state index is 4.30. The number of aromatic nitrogens is 5. The Kier molecular flexibility index (Phi) is 1.68. The summed E-state index contributed by atoms with van der Waals surface area (Å²) in [5, 5.41) is 7.69. The number of pyridine rings is 1. The summed E-state index contributed by atoms with van der Waals surface area (Å²) < 4.78 is 1.84. The minimum Gasteiger partial charge on any atom is -0.286 e. The van der Waals surface area contributed by atoms with Crippen LogP contribution >= 0.6 is 0 Å². The first-order valence-electron chi connectivity index (χ1n) is 4.49. The normalized spacial score (nSPS) is 10.7. The van der Waals surface area contributed by atoms with Gasteiger partial charge in [0, 0.05) is 24.2 Å². The molecule has 3 aromatic heterocycles. The smallest absolute Gasteiger partial charge is 0.179 e. The molecule has 0 saturated heterocycles. The zero-order valence-corrected chi connectivity index (χ0v) is 7.78. The van der Waals surface area contributed by atoms with Gasteiger partial charge in [-0.15, -0.1) is 10.2 Å². The lowest BCUT2D eigenvalue weighted by atomic mass is 10.2. The van der Waals surface area contributed by atoms with Crippen molar-refractivity contribution in [3.8, 4) is 11.3 Å². The van der Waals surface area contributed by atoms with Gasteiger partial charge < -0.3 is 0 Å². The molecule has 0 N–H and O–H groups in total. The average molecular weight is 197 g/mol. The van der Waals surface area contributed by atoms with Crippen LogP contribution < -0.4 is 0 Å². The molecule has 72 valence electrons. The summed E-state index contributed by atoms with van der Waals surface area (Å²) >= 11 is 0. The van der Waals surface area contributed by atoms with E-state index in [2.05, 4.69) is 20.2 Å². The van der Waals surface area contributed by atoms with Gasteiger partial charge in [-0.2, -0.15) is 0 Å². The van der Waals surface area contributed by atoms with Gasteiger partial charge in [0.25, 0.3) is 0 Å². The highest BCUT2D eigenvalue weighted by Crippen LogP contribution is 2.14. The Hall–Kier alpha value is -2.30. The van der Waals surface area contributed by atoms with E-state index in [1.807, 2.05) is 22.7 Å². The van der Waals surface area contributed by atoms with Crippen LogP contribution in [0.5, 0.6) is 0 Å². The third-order valence-corrected chi connectivity index (χ3v) is 2.16. The van der Waals surface area contributed by atoms with Crippen LogP contribution in [0.15, 0.2) is 43.2 Å². The minimum atomic E-state index is 0.743. The second-order valence-corrected chi connectivity index (χ2v) is 3.10. The molecule has 5 heteroatoms. The van der Waals surface area contributed by atoms with Gasteiger partial charge in [-0.3, -0.25) is 14.4 Å². The molecule has 0 saturated carbocycles. The second kappa shape index (κ2) is 3.13. The van der Waals surface area contributed by atoms with E-state index in [9.17, 15) is 0 Å². The number of hydrogen-bond acceptors (Lipinski definition) is 4. The molecule has 0 amide bonds. The monoisotopic (exact) mass is 197 g/mol. The van der Waals surface area contributed by atoms with Crippen LogP contribution in [0.4, 0.5) is 0 Å². The van der Waals surface area contributed by atoms with Crippen molar-refractivity contribution in [2.45, 2.75) is 0 Å². The molecule has 0 aliphatic heterocycles. The fourth-order valence-electron chi connectivity index (χ4n) is 1.41. The Balaban J connectivity index is 2.19. The second-order valence-electron chi connectivity index (χ2n) is 3.10. The lowest BCUT2D eigenvalue weighted by Crippen LogP contribution is -1.89. The molecule has 0 spiro atoms. The molecular formula is C10H7N5. The first-order chi connectivity index (χ1) is 7.43. The summed E-state index contributed by atoms with van der Waals surface area (Å²) in [5.74, 6) is 0. The molecule has 3 aromatic rings. The van der Waals surface area contributed by atoms with Gasteiger partial charge in [0.1, 0.15) is 6.33 Å². The van der Waals surface area contributed by atoms with Crippen LogP contribution in [0.3, 0.4) is 0 Å². The molecule has 3 rings (SSSR count). The minimum absolute atomic E-state index is 0.743. The Morgan fingerprint density at radius 1 is 1.13 bits per heavy atom. The largest absolute Gasteiger partial charge is 0.286 e. The number of nitrogens with zero attached hydrogens (tertiary/aromatic N) is 5. The lowest BCUT2D eigenvalue weighted by molar-refractivity contribution is 1.10. The summed E-state index contributed by atoms with van der Waals surface area (Å²) in [6.45, 7) is 0. The van der Waals surface area contributed by atoms with Gasteiger partial charge in [-0.05, 0) is 12.1 Å². The lowest BCUT2D eigenvalue weighted by Gasteiger charge is -1.99. The fraction of sp³-hybridized carbons (Fsp3) is 0. The quantitative estimate of drug-likeness (QED) is 0.588. The zero-order valence-electron chi connectivity index (χ0n) is 7.78. The Bertz CT molecular complexity index is 587. The molecule has 0 bridgehead atoms. The molecule has 0 radical (unpaired) electrons. The maximum Gasteiger partial charge on any atom is 0.179 e. The summed E-state index contributed by atoms with van der Waals surface area (Å²) in [5.41, 5.74) is 2.65. The molecule has 5 nitrogen and oxygen atoms in total. The standard InChI is InChI=1S/C10H7N5/c1-3-11-4-2-8(1)9-6-15-7-13-14-10(15)5-12-9/h1-7H. The van der Waals surface area contributed by atoms with E-state index in [1.54, 1.807) is 24.9 Å². The highest BCUT2D eigenvalue weighted by atomic mass is 15.2. The van der Waals surface area contributed by atoms with E-state index >= 15 is 0 Å². The van der Waals surface area contributed by atoms with Crippen LogP contribution in [-0.2, 0) is 0 Å². The predicted octanol–water partition coefficient (Wildman–Crippen LogP) is 1.19. The SMILES string of the molecule is c1cc(-c2cn3cnnc3cn2)ccn1. The van der Waals surface area contributed by atoms with Crippen LogP contribution in [0.2, 0.25) is 0 Å². The van der Waals surface area contributed by atoms with Crippen molar-refractivity contribution in [1.29, 1.82) is 0 Å². The van der Waals surface area contributed by atoms with Crippen LogP contribution in [0.25, 0.3) is 16.9 Å². The highest BCUT2D eigenvalue weighted by molar-refractivity contribution is 5.58. The molecular weight excluding hydrogens is 190 g/mol. The van der Waals surface area contributed by atoms with E-state index in [0.29, 0.717) is 0 Å².